The molecule has 2 nitrogen and oxygen atoms in total. The third kappa shape index (κ3) is 4.02. The third-order valence-corrected chi connectivity index (χ3v) is 3.67. The average molecular weight is 249 g/mol. The molecule has 2 unspecified atom stereocenters. The Bertz CT molecular complexity index is 331. The van der Waals surface area contributed by atoms with E-state index in [1.54, 1.807) is 7.11 Å². The van der Waals surface area contributed by atoms with E-state index in [0.29, 0.717) is 17.9 Å². The van der Waals surface area contributed by atoms with Gasteiger partial charge in [-0.25, -0.2) is 0 Å². The van der Waals surface area contributed by atoms with E-state index >= 15 is 0 Å². The van der Waals surface area contributed by atoms with Crippen molar-refractivity contribution in [2.75, 3.05) is 13.7 Å². The summed E-state index contributed by atoms with van der Waals surface area (Å²) < 4.78 is 5.22. The molecule has 1 N–H and O–H groups in total. The highest BCUT2D eigenvalue weighted by molar-refractivity contribution is 5.29. The molecule has 0 radical (unpaired) electrons. The maximum atomic E-state index is 5.22. The lowest BCUT2D eigenvalue weighted by Gasteiger charge is -2.28. The molecule has 0 aliphatic rings. The lowest BCUT2D eigenvalue weighted by Crippen LogP contribution is -2.30. The first-order valence-corrected chi connectivity index (χ1v) is 6.97. The Morgan fingerprint density at radius 2 is 1.72 bits per heavy atom. The number of rotatable bonds is 7. The van der Waals surface area contributed by atoms with Crippen LogP contribution >= 0.6 is 0 Å². The van der Waals surface area contributed by atoms with Gasteiger partial charge in [0, 0.05) is 6.04 Å². The summed E-state index contributed by atoms with van der Waals surface area (Å²) in [5, 5.41) is 3.66. The molecular weight excluding hydrogens is 222 g/mol. The summed E-state index contributed by atoms with van der Waals surface area (Å²) in [5.74, 6) is 2.21. The van der Waals surface area contributed by atoms with Crippen molar-refractivity contribution in [3.8, 4) is 5.75 Å². The fraction of sp³-hybridized carbons (Fsp3) is 0.625. The molecule has 0 bridgehead atoms. The Labute approximate surface area is 112 Å². The molecule has 2 heteroatoms. The van der Waals surface area contributed by atoms with Crippen molar-refractivity contribution in [1.29, 1.82) is 0 Å². The number of methoxy groups -OCH3 is 1. The van der Waals surface area contributed by atoms with Gasteiger partial charge in [0.2, 0.25) is 0 Å². The highest BCUT2D eigenvalue weighted by atomic mass is 16.5. The minimum atomic E-state index is 0.427. The maximum absolute atomic E-state index is 5.22. The molecule has 0 fully saturated rings. The van der Waals surface area contributed by atoms with Crippen LogP contribution in [0.15, 0.2) is 24.3 Å². The zero-order chi connectivity index (χ0) is 13.5. The highest BCUT2D eigenvalue weighted by Crippen LogP contribution is 2.28. The summed E-state index contributed by atoms with van der Waals surface area (Å²) in [6.45, 7) is 10.2. The largest absolute Gasteiger partial charge is 0.497 e. The molecule has 1 rings (SSSR count). The van der Waals surface area contributed by atoms with E-state index in [2.05, 4.69) is 45.1 Å². The van der Waals surface area contributed by atoms with E-state index in [0.717, 1.165) is 18.7 Å². The van der Waals surface area contributed by atoms with Gasteiger partial charge in [0.1, 0.15) is 5.75 Å². The molecule has 0 heterocycles. The predicted octanol–water partition coefficient (Wildman–Crippen LogP) is 4.03. The molecule has 0 aliphatic heterocycles. The second kappa shape index (κ2) is 7.42. The van der Waals surface area contributed by atoms with Crippen LogP contribution in [-0.2, 0) is 0 Å². The molecule has 0 aromatic heterocycles. The van der Waals surface area contributed by atoms with Crippen LogP contribution in [0.1, 0.15) is 45.7 Å². The van der Waals surface area contributed by atoms with E-state index in [9.17, 15) is 0 Å². The van der Waals surface area contributed by atoms with Crippen molar-refractivity contribution in [3.63, 3.8) is 0 Å². The summed E-state index contributed by atoms with van der Waals surface area (Å²) in [4.78, 5) is 0. The molecule has 0 spiro atoms. The Kier molecular flexibility index (Phi) is 6.20. The van der Waals surface area contributed by atoms with Gasteiger partial charge in [0.25, 0.3) is 0 Å². The Morgan fingerprint density at radius 1 is 1.11 bits per heavy atom. The van der Waals surface area contributed by atoms with Crippen LogP contribution in [0.2, 0.25) is 0 Å². The molecule has 0 saturated carbocycles. The number of hydrogen-bond acceptors (Lipinski definition) is 2. The second-order valence-corrected chi connectivity index (χ2v) is 5.31. The monoisotopic (exact) mass is 249 g/mol. The first kappa shape index (κ1) is 15.0. The predicted molar refractivity (Wildman–Crippen MR) is 78.0 cm³/mol. The fourth-order valence-corrected chi connectivity index (χ4v) is 2.10. The van der Waals surface area contributed by atoms with Gasteiger partial charge in [0.15, 0.2) is 0 Å². The number of hydrogen-bond donors (Lipinski definition) is 1. The summed E-state index contributed by atoms with van der Waals surface area (Å²) >= 11 is 0. The quantitative estimate of drug-likeness (QED) is 0.788. The van der Waals surface area contributed by atoms with Crippen molar-refractivity contribution in [2.24, 2.45) is 11.8 Å². The molecule has 1 aromatic carbocycles. The van der Waals surface area contributed by atoms with E-state index in [1.165, 1.54) is 5.56 Å². The lowest BCUT2D eigenvalue weighted by atomic mass is 9.86. The van der Waals surface area contributed by atoms with Gasteiger partial charge in [-0.2, -0.15) is 0 Å². The molecule has 0 aliphatic carbocycles. The maximum Gasteiger partial charge on any atom is 0.118 e. The van der Waals surface area contributed by atoms with Crippen LogP contribution < -0.4 is 10.1 Å². The van der Waals surface area contributed by atoms with Gasteiger partial charge in [0.05, 0.1) is 7.11 Å². The summed E-state index contributed by atoms with van der Waals surface area (Å²) in [5.41, 5.74) is 1.35. The fourth-order valence-electron chi connectivity index (χ4n) is 2.10. The van der Waals surface area contributed by atoms with Crippen LogP contribution in [-0.4, -0.2) is 13.7 Å². The SMILES string of the molecule is CCCNC(c1ccc(OC)cc1)C(C)C(C)C. The van der Waals surface area contributed by atoms with Gasteiger partial charge in [-0.15, -0.1) is 0 Å². The van der Waals surface area contributed by atoms with Gasteiger partial charge >= 0.3 is 0 Å². The molecule has 2 atom stereocenters. The standard InChI is InChI=1S/C16H27NO/c1-6-11-17-16(13(4)12(2)3)14-7-9-15(18-5)10-8-14/h7-10,12-13,16-17H,6,11H2,1-5H3. The van der Waals surface area contributed by atoms with E-state index in [1.807, 2.05) is 12.1 Å². The molecule has 0 amide bonds. The van der Waals surface area contributed by atoms with Crippen LogP contribution in [0.25, 0.3) is 0 Å². The second-order valence-electron chi connectivity index (χ2n) is 5.31. The topological polar surface area (TPSA) is 21.3 Å². The van der Waals surface area contributed by atoms with Crippen LogP contribution in [0, 0.1) is 11.8 Å². The smallest absolute Gasteiger partial charge is 0.118 e. The summed E-state index contributed by atoms with van der Waals surface area (Å²) in [6, 6.07) is 8.86. The highest BCUT2D eigenvalue weighted by Gasteiger charge is 2.21. The first-order chi connectivity index (χ1) is 8.60. The lowest BCUT2D eigenvalue weighted by molar-refractivity contribution is 0.303. The van der Waals surface area contributed by atoms with Crippen molar-refractivity contribution in [1.82, 2.24) is 5.32 Å². The zero-order valence-corrected chi connectivity index (χ0v) is 12.4. The van der Waals surface area contributed by atoms with Crippen molar-refractivity contribution in [3.05, 3.63) is 29.8 Å². The van der Waals surface area contributed by atoms with Gasteiger partial charge in [-0.1, -0.05) is 39.8 Å². The Balaban J connectivity index is 2.86. The van der Waals surface area contributed by atoms with Crippen LogP contribution in [0.4, 0.5) is 0 Å². The number of ether oxygens (including phenoxy) is 1. The molecule has 1 aromatic rings. The minimum absolute atomic E-state index is 0.427. The first-order valence-electron chi connectivity index (χ1n) is 6.97. The van der Waals surface area contributed by atoms with Gasteiger partial charge in [-0.3, -0.25) is 0 Å². The van der Waals surface area contributed by atoms with Crippen molar-refractivity contribution >= 4 is 0 Å². The average Bonchev–Trinajstić information content (AvgIpc) is 2.39. The van der Waals surface area contributed by atoms with E-state index in [-0.39, 0.29) is 0 Å². The summed E-state index contributed by atoms with van der Waals surface area (Å²) in [6.07, 6.45) is 1.16. The minimum Gasteiger partial charge on any atom is -0.497 e. The van der Waals surface area contributed by atoms with Crippen LogP contribution in [0.3, 0.4) is 0 Å². The number of benzene rings is 1. The van der Waals surface area contributed by atoms with Crippen molar-refractivity contribution < 1.29 is 4.74 Å². The van der Waals surface area contributed by atoms with E-state index in [4.69, 9.17) is 4.74 Å². The third-order valence-electron chi connectivity index (χ3n) is 3.67. The Hall–Kier alpha value is -1.02. The zero-order valence-electron chi connectivity index (χ0n) is 12.4. The summed E-state index contributed by atoms with van der Waals surface area (Å²) in [7, 11) is 1.71. The van der Waals surface area contributed by atoms with Crippen LogP contribution in [0.5, 0.6) is 5.75 Å². The molecule has 102 valence electrons. The molecular formula is C16H27NO. The Morgan fingerprint density at radius 3 is 2.17 bits per heavy atom. The molecule has 0 saturated heterocycles. The molecule has 18 heavy (non-hydrogen) atoms. The van der Waals surface area contributed by atoms with Gasteiger partial charge in [-0.05, 0) is 42.5 Å². The van der Waals surface area contributed by atoms with E-state index < -0.39 is 0 Å². The normalized spacial score (nSPS) is 14.6. The van der Waals surface area contributed by atoms with Gasteiger partial charge < -0.3 is 10.1 Å². The van der Waals surface area contributed by atoms with Crippen molar-refractivity contribution in [2.45, 2.75) is 40.2 Å². The number of nitrogens with one attached hydrogen (secondary N) is 1.